The zero-order valence-electron chi connectivity index (χ0n) is 17.1. The fraction of sp³-hybridized carbons (Fsp3) is 0.360. The second-order valence-corrected chi connectivity index (χ2v) is 9.35. The maximum atomic E-state index is 14.0. The van der Waals surface area contributed by atoms with Crippen LogP contribution in [0.4, 0.5) is 0 Å². The maximum Gasteiger partial charge on any atom is 0.258 e. The van der Waals surface area contributed by atoms with Crippen LogP contribution in [0, 0.1) is 0 Å². The first kappa shape index (κ1) is 19.4. The van der Waals surface area contributed by atoms with Crippen LogP contribution in [0.15, 0.2) is 69.7 Å². The first-order chi connectivity index (χ1) is 14.7. The molecule has 0 atom stereocenters. The van der Waals surface area contributed by atoms with E-state index in [-0.39, 0.29) is 11.0 Å². The van der Waals surface area contributed by atoms with Crippen LogP contribution >= 0.6 is 11.8 Å². The Bertz CT molecular complexity index is 1120. The molecule has 154 valence electrons. The Balaban J connectivity index is 1.76. The van der Waals surface area contributed by atoms with Gasteiger partial charge in [-0.3, -0.25) is 9.36 Å². The number of hydrogen-bond donors (Lipinski definition) is 0. The lowest BCUT2D eigenvalue weighted by Crippen LogP contribution is -2.43. The second-order valence-electron chi connectivity index (χ2n) is 8.36. The summed E-state index contributed by atoms with van der Waals surface area (Å²) in [4.78, 5) is 19.2. The molecule has 0 N–H and O–H groups in total. The van der Waals surface area contributed by atoms with Crippen LogP contribution in [-0.4, -0.2) is 15.3 Å². The van der Waals surface area contributed by atoms with E-state index in [0.29, 0.717) is 12.3 Å². The Hall–Kier alpha value is -2.53. The third kappa shape index (κ3) is 3.25. The highest BCUT2D eigenvalue weighted by molar-refractivity contribution is 7.99. The largest absolute Gasteiger partial charge is 0.467 e. The van der Waals surface area contributed by atoms with Crippen molar-refractivity contribution < 1.29 is 4.42 Å². The molecule has 1 fully saturated rings. The number of rotatable bonds is 5. The molecule has 0 amide bonds. The summed E-state index contributed by atoms with van der Waals surface area (Å²) in [5, 5.41) is 0.734. The molecule has 1 spiro atoms. The molecule has 5 rings (SSSR count). The number of hydrogen-bond acceptors (Lipinski definition) is 4. The van der Waals surface area contributed by atoms with Gasteiger partial charge in [-0.15, -0.1) is 6.58 Å². The van der Waals surface area contributed by atoms with Crippen LogP contribution in [0.3, 0.4) is 0 Å². The molecule has 0 saturated heterocycles. The van der Waals surface area contributed by atoms with Crippen molar-refractivity contribution in [3.05, 3.63) is 82.6 Å². The SMILES string of the molecule is C=CCSc1nc2c(c(=O)n1Cc1ccco1)C1(CCCCC1)Cc1ccccc1-2. The summed E-state index contributed by atoms with van der Waals surface area (Å²) in [7, 11) is 0. The van der Waals surface area contributed by atoms with E-state index in [9.17, 15) is 4.79 Å². The van der Waals surface area contributed by atoms with Gasteiger partial charge >= 0.3 is 0 Å². The Morgan fingerprint density at radius 2 is 2.00 bits per heavy atom. The lowest BCUT2D eigenvalue weighted by molar-refractivity contribution is 0.282. The summed E-state index contributed by atoms with van der Waals surface area (Å²) in [5.41, 5.74) is 4.26. The van der Waals surface area contributed by atoms with Crippen molar-refractivity contribution >= 4 is 11.8 Å². The third-order valence-corrected chi connectivity index (χ3v) is 7.47. The van der Waals surface area contributed by atoms with Gasteiger partial charge in [-0.05, 0) is 37.0 Å². The van der Waals surface area contributed by atoms with E-state index in [4.69, 9.17) is 9.40 Å². The van der Waals surface area contributed by atoms with E-state index in [0.717, 1.165) is 47.0 Å². The Kier molecular flexibility index (Phi) is 5.15. The van der Waals surface area contributed by atoms with E-state index in [1.807, 2.05) is 28.8 Å². The van der Waals surface area contributed by atoms with E-state index < -0.39 is 0 Å². The number of nitrogens with zero attached hydrogens (tertiary/aromatic N) is 2. The van der Waals surface area contributed by atoms with Crippen LogP contribution in [0.1, 0.15) is 49.0 Å². The summed E-state index contributed by atoms with van der Waals surface area (Å²) < 4.78 is 7.39. The van der Waals surface area contributed by atoms with Gasteiger partial charge in [0.05, 0.1) is 24.1 Å². The molecule has 2 aromatic heterocycles. The van der Waals surface area contributed by atoms with Crippen LogP contribution in [0.2, 0.25) is 0 Å². The predicted molar refractivity (Wildman–Crippen MR) is 121 cm³/mol. The zero-order valence-corrected chi connectivity index (χ0v) is 17.9. The number of thioether (sulfide) groups is 1. The molecule has 2 aliphatic carbocycles. The fourth-order valence-electron chi connectivity index (χ4n) is 5.16. The summed E-state index contributed by atoms with van der Waals surface area (Å²) >= 11 is 1.56. The molecule has 2 heterocycles. The summed E-state index contributed by atoms with van der Waals surface area (Å²) in [6, 6.07) is 12.3. The highest BCUT2D eigenvalue weighted by Gasteiger charge is 2.43. The quantitative estimate of drug-likeness (QED) is 0.308. The maximum absolute atomic E-state index is 14.0. The monoisotopic (exact) mass is 418 g/mol. The summed E-state index contributed by atoms with van der Waals surface area (Å²) in [5.74, 6) is 1.48. The van der Waals surface area contributed by atoms with Crippen molar-refractivity contribution in [3.8, 4) is 11.3 Å². The molecule has 5 heteroatoms. The Labute approximate surface area is 181 Å². The standard InChI is InChI=1S/C25H26N2O2S/c1-2-15-30-24-26-22-20-11-5-4-9-18(20)16-25(12-6-3-7-13-25)21(22)23(28)27(24)17-19-10-8-14-29-19/h2,4-5,8-11,14H,1,3,6-7,12-13,15-17H2. The van der Waals surface area contributed by atoms with Gasteiger partial charge in [0.15, 0.2) is 5.16 Å². The molecule has 2 aliphatic rings. The highest BCUT2D eigenvalue weighted by Crippen LogP contribution is 2.48. The number of aromatic nitrogens is 2. The fourth-order valence-corrected chi connectivity index (χ4v) is 5.89. The van der Waals surface area contributed by atoms with E-state index >= 15 is 0 Å². The van der Waals surface area contributed by atoms with Gasteiger partial charge in [-0.1, -0.05) is 61.4 Å². The normalized spacial score (nSPS) is 16.8. The third-order valence-electron chi connectivity index (χ3n) is 6.50. The lowest BCUT2D eigenvalue weighted by atomic mass is 9.62. The van der Waals surface area contributed by atoms with Crippen LogP contribution < -0.4 is 5.56 Å². The molecule has 30 heavy (non-hydrogen) atoms. The van der Waals surface area contributed by atoms with Gasteiger partial charge in [0.2, 0.25) is 0 Å². The van der Waals surface area contributed by atoms with Gasteiger partial charge in [-0.2, -0.15) is 0 Å². The van der Waals surface area contributed by atoms with Crippen molar-refractivity contribution in [3.63, 3.8) is 0 Å². The van der Waals surface area contributed by atoms with Crippen molar-refractivity contribution in [1.82, 2.24) is 9.55 Å². The molecule has 0 aliphatic heterocycles. The van der Waals surface area contributed by atoms with Gasteiger partial charge < -0.3 is 4.42 Å². The molecule has 1 aromatic carbocycles. The average molecular weight is 419 g/mol. The number of benzene rings is 1. The molecular weight excluding hydrogens is 392 g/mol. The Morgan fingerprint density at radius 1 is 1.17 bits per heavy atom. The predicted octanol–water partition coefficient (Wildman–Crippen LogP) is 5.59. The van der Waals surface area contributed by atoms with E-state index in [2.05, 4.69) is 24.8 Å². The van der Waals surface area contributed by atoms with Crippen molar-refractivity contribution in [1.29, 1.82) is 0 Å². The first-order valence-electron chi connectivity index (χ1n) is 10.7. The molecule has 1 saturated carbocycles. The van der Waals surface area contributed by atoms with Crippen LogP contribution in [-0.2, 0) is 18.4 Å². The Morgan fingerprint density at radius 3 is 2.77 bits per heavy atom. The van der Waals surface area contributed by atoms with E-state index in [1.165, 1.54) is 24.8 Å². The smallest absolute Gasteiger partial charge is 0.258 e. The minimum atomic E-state index is -0.0986. The van der Waals surface area contributed by atoms with Crippen molar-refractivity contribution in [2.24, 2.45) is 0 Å². The molecule has 0 bridgehead atoms. The van der Waals surface area contributed by atoms with E-state index in [1.54, 1.807) is 18.0 Å². The summed E-state index contributed by atoms with van der Waals surface area (Å²) in [6.45, 7) is 4.25. The van der Waals surface area contributed by atoms with Gasteiger partial charge in [0.25, 0.3) is 5.56 Å². The first-order valence-corrected chi connectivity index (χ1v) is 11.7. The average Bonchev–Trinajstić information content (AvgIpc) is 3.28. The lowest BCUT2D eigenvalue weighted by Gasteiger charge is -2.42. The molecular formula is C25H26N2O2S. The molecule has 3 aromatic rings. The minimum Gasteiger partial charge on any atom is -0.467 e. The number of furan rings is 1. The zero-order chi connectivity index (χ0) is 20.6. The minimum absolute atomic E-state index is 0.0966. The molecule has 4 nitrogen and oxygen atoms in total. The van der Waals surface area contributed by atoms with Crippen molar-refractivity contribution in [2.75, 3.05) is 5.75 Å². The number of fused-ring (bicyclic) bond motifs is 4. The second kappa shape index (κ2) is 7.95. The summed E-state index contributed by atoms with van der Waals surface area (Å²) in [6.07, 6.45) is 10.2. The highest BCUT2D eigenvalue weighted by atomic mass is 32.2. The van der Waals surface area contributed by atoms with Crippen molar-refractivity contribution in [2.45, 2.75) is 55.6 Å². The molecule has 0 radical (unpaired) electrons. The van der Waals surface area contributed by atoms with Gasteiger partial charge in [0, 0.05) is 16.7 Å². The van der Waals surface area contributed by atoms with Crippen LogP contribution in [0.25, 0.3) is 11.3 Å². The van der Waals surface area contributed by atoms with Gasteiger partial charge in [-0.25, -0.2) is 4.98 Å². The molecule has 0 unspecified atom stereocenters. The topological polar surface area (TPSA) is 48.0 Å². The van der Waals surface area contributed by atoms with Gasteiger partial charge in [0.1, 0.15) is 5.76 Å². The van der Waals surface area contributed by atoms with Crippen LogP contribution in [0.5, 0.6) is 0 Å².